The summed E-state index contributed by atoms with van der Waals surface area (Å²) in [7, 11) is 1.63. The molecule has 27 heavy (non-hydrogen) atoms. The molecule has 0 radical (unpaired) electrons. The number of halogens is 1. The molecule has 6 heteroatoms. The van der Waals surface area contributed by atoms with Gasteiger partial charge in [0.05, 0.1) is 7.11 Å². The highest BCUT2D eigenvalue weighted by molar-refractivity contribution is 5.86. The van der Waals surface area contributed by atoms with Crippen molar-refractivity contribution in [2.24, 2.45) is 0 Å². The van der Waals surface area contributed by atoms with Gasteiger partial charge in [0, 0.05) is 24.9 Å². The third-order valence-corrected chi connectivity index (χ3v) is 4.79. The van der Waals surface area contributed by atoms with Crippen molar-refractivity contribution in [1.82, 2.24) is 10.6 Å². The highest BCUT2D eigenvalue weighted by atomic mass is 35.5. The summed E-state index contributed by atoms with van der Waals surface area (Å²) < 4.78 is 11.6. The number of ether oxygens (including phenoxy) is 2. The number of methoxy groups -OCH3 is 1. The third kappa shape index (κ3) is 5.15. The van der Waals surface area contributed by atoms with Gasteiger partial charge in [-0.05, 0) is 38.2 Å². The van der Waals surface area contributed by atoms with Crippen molar-refractivity contribution in [3.8, 4) is 11.5 Å². The normalized spacial score (nSPS) is 15.3. The van der Waals surface area contributed by atoms with Crippen molar-refractivity contribution in [1.29, 1.82) is 0 Å². The van der Waals surface area contributed by atoms with E-state index in [1.807, 2.05) is 55.5 Å². The zero-order valence-corrected chi connectivity index (χ0v) is 16.6. The summed E-state index contributed by atoms with van der Waals surface area (Å²) in [6, 6.07) is 15.5. The van der Waals surface area contributed by atoms with Gasteiger partial charge in [0.1, 0.15) is 11.5 Å². The summed E-state index contributed by atoms with van der Waals surface area (Å²) in [5.74, 6) is 1.42. The number of hydrogen-bond acceptors (Lipinski definition) is 4. The first-order valence-corrected chi connectivity index (χ1v) is 8.99. The molecule has 2 aromatic carbocycles. The minimum absolute atomic E-state index is 0. The van der Waals surface area contributed by atoms with Crippen molar-refractivity contribution >= 4 is 18.3 Å². The van der Waals surface area contributed by atoms with Crippen LogP contribution in [0.2, 0.25) is 0 Å². The molecule has 1 aliphatic heterocycles. The first kappa shape index (κ1) is 21.1. The standard InChI is InChI=1S/C21H26N2O3.ClH/c1-16-7-9-18(10-8-16)26-21(11-13-22-14-12-21)20(24)23-15-17-5-3-4-6-19(17)25-2;/h3-10,22H,11-15H2,1-2H3,(H,23,24);1H. The maximum absolute atomic E-state index is 13.1. The molecule has 1 fully saturated rings. The molecule has 0 aliphatic carbocycles. The van der Waals surface area contributed by atoms with Crippen LogP contribution in [-0.4, -0.2) is 31.7 Å². The van der Waals surface area contributed by atoms with E-state index in [-0.39, 0.29) is 18.3 Å². The van der Waals surface area contributed by atoms with E-state index < -0.39 is 5.60 Å². The van der Waals surface area contributed by atoms with Gasteiger partial charge in [-0.3, -0.25) is 4.79 Å². The van der Waals surface area contributed by atoms with E-state index in [1.165, 1.54) is 0 Å². The number of piperidine rings is 1. The molecule has 0 saturated carbocycles. The Kier molecular flexibility index (Phi) is 7.51. The molecule has 0 unspecified atom stereocenters. The number of amides is 1. The number of carbonyl (C=O) groups is 1. The van der Waals surface area contributed by atoms with Crippen LogP contribution in [0.4, 0.5) is 0 Å². The van der Waals surface area contributed by atoms with Crippen molar-refractivity contribution in [2.45, 2.75) is 31.9 Å². The van der Waals surface area contributed by atoms with Crippen molar-refractivity contribution in [3.63, 3.8) is 0 Å². The average Bonchev–Trinajstić information content (AvgIpc) is 2.69. The van der Waals surface area contributed by atoms with Crippen molar-refractivity contribution in [3.05, 3.63) is 59.7 Å². The minimum atomic E-state index is -0.845. The first-order chi connectivity index (χ1) is 12.6. The number of para-hydroxylation sites is 1. The SMILES string of the molecule is COc1ccccc1CNC(=O)C1(Oc2ccc(C)cc2)CCNCC1.Cl. The van der Waals surface area contributed by atoms with E-state index in [1.54, 1.807) is 7.11 Å². The van der Waals surface area contributed by atoms with Crippen LogP contribution in [0.25, 0.3) is 0 Å². The molecule has 3 rings (SSSR count). The molecule has 1 amide bonds. The van der Waals surface area contributed by atoms with Crippen LogP contribution in [0.5, 0.6) is 11.5 Å². The summed E-state index contributed by atoms with van der Waals surface area (Å²) in [4.78, 5) is 13.1. The van der Waals surface area contributed by atoms with Crippen LogP contribution in [0, 0.1) is 6.92 Å². The molecule has 2 N–H and O–H groups in total. The first-order valence-electron chi connectivity index (χ1n) is 8.99. The molecule has 5 nitrogen and oxygen atoms in total. The Labute approximate surface area is 166 Å². The minimum Gasteiger partial charge on any atom is -0.496 e. The molecule has 0 spiro atoms. The average molecular weight is 391 g/mol. The number of aryl methyl sites for hydroxylation is 1. The highest BCUT2D eigenvalue weighted by Gasteiger charge is 2.42. The lowest BCUT2D eigenvalue weighted by Crippen LogP contribution is -2.56. The molecule has 146 valence electrons. The van der Waals surface area contributed by atoms with Crippen LogP contribution < -0.4 is 20.1 Å². The van der Waals surface area contributed by atoms with Crippen LogP contribution in [0.15, 0.2) is 48.5 Å². The highest BCUT2D eigenvalue weighted by Crippen LogP contribution is 2.27. The molecular weight excluding hydrogens is 364 g/mol. The van der Waals surface area contributed by atoms with Crippen LogP contribution in [0.1, 0.15) is 24.0 Å². The predicted molar refractivity (Wildman–Crippen MR) is 109 cm³/mol. The maximum atomic E-state index is 13.1. The number of rotatable bonds is 6. The van der Waals surface area contributed by atoms with E-state index in [4.69, 9.17) is 9.47 Å². The van der Waals surface area contributed by atoms with Gasteiger partial charge >= 0.3 is 0 Å². The Hall–Kier alpha value is -2.24. The van der Waals surface area contributed by atoms with Gasteiger partial charge in [0.2, 0.25) is 0 Å². The zero-order chi connectivity index (χ0) is 18.4. The Morgan fingerprint density at radius 2 is 1.78 bits per heavy atom. The van der Waals surface area contributed by atoms with E-state index >= 15 is 0 Å². The molecule has 0 atom stereocenters. The van der Waals surface area contributed by atoms with E-state index in [0.29, 0.717) is 19.4 Å². The number of benzene rings is 2. The van der Waals surface area contributed by atoms with Gasteiger partial charge in [-0.15, -0.1) is 12.4 Å². The Morgan fingerprint density at radius 3 is 2.44 bits per heavy atom. The quantitative estimate of drug-likeness (QED) is 0.795. The van der Waals surface area contributed by atoms with Gasteiger partial charge in [-0.1, -0.05) is 35.9 Å². The van der Waals surface area contributed by atoms with Crippen LogP contribution in [0.3, 0.4) is 0 Å². The molecule has 1 aliphatic rings. The zero-order valence-electron chi connectivity index (χ0n) is 15.8. The molecule has 0 bridgehead atoms. The molecule has 1 saturated heterocycles. The second kappa shape index (κ2) is 9.62. The number of hydrogen-bond donors (Lipinski definition) is 2. The molecule has 1 heterocycles. The van der Waals surface area contributed by atoms with Crippen molar-refractivity contribution in [2.75, 3.05) is 20.2 Å². The smallest absolute Gasteiger partial charge is 0.264 e. The second-order valence-electron chi connectivity index (χ2n) is 6.65. The van der Waals surface area contributed by atoms with E-state index in [0.717, 1.165) is 35.7 Å². The van der Waals surface area contributed by atoms with Gasteiger partial charge in [-0.2, -0.15) is 0 Å². The maximum Gasteiger partial charge on any atom is 0.264 e. The summed E-state index contributed by atoms with van der Waals surface area (Å²) in [5.41, 5.74) is 1.27. The Balaban J connectivity index is 0.00000261. The summed E-state index contributed by atoms with van der Waals surface area (Å²) >= 11 is 0. The summed E-state index contributed by atoms with van der Waals surface area (Å²) in [6.07, 6.45) is 1.28. The molecular formula is C21H27ClN2O3. The molecule has 0 aromatic heterocycles. The van der Waals surface area contributed by atoms with Crippen LogP contribution in [-0.2, 0) is 11.3 Å². The monoisotopic (exact) mass is 390 g/mol. The fraction of sp³-hybridized carbons (Fsp3) is 0.381. The molecule has 2 aromatic rings. The van der Waals surface area contributed by atoms with E-state index in [2.05, 4.69) is 10.6 Å². The van der Waals surface area contributed by atoms with Gasteiger partial charge in [0.25, 0.3) is 5.91 Å². The van der Waals surface area contributed by atoms with Gasteiger partial charge < -0.3 is 20.1 Å². The third-order valence-electron chi connectivity index (χ3n) is 4.79. The Morgan fingerprint density at radius 1 is 1.11 bits per heavy atom. The largest absolute Gasteiger partial charge is 0.496 e. The lowest BCUT2D eigenvalue weighted by atomic mass is 9.90. The number of carbonyl (C=O) groups excluding carboxylic acids is 1. The second-order valence-corrected chi connectivity index (χ2v) is 6.65. The van der Waals surface area contributed by atoms with E-state index in [9.17, 15) is 4.79 Å². The fourth-order valence-electron chi connectivity index (χ4n) is 3.22. The fourth-order valence-corrected chi connectivity index (χ4v) is 3.22. The number of nitrogens with one attached hydrogen (secondary N) is 2. The topological polar surface area (TPSA) is 59.6 Å². The predicted octanol–water partition coefficient (Wildman–Crippen LogP) is 3.24. The lowest BCUT2D eigenvalue weighted by Gasteiger charge is -2.36. The summed E-state index contributed by atoms with van der Waals surface area (Å²) in [5, 5.41) is 6.35. The van der Waals surface area contributed by atoms with Gasteiger partial charge in [0.15, 0.2) is 5.60 Å². The van der Waals surface area contributed by atoms with Gasteiger partial charge in [-0.25, -0.2) is 0 Å². The van der Waals surface area contributed by atoms with Crippen LogP contribution >= 0.6 is 12.4 Å². The Bertz CT molecular complexity index is 743. The summed E-state index contributed by atoms with van der Waals surface area (Å²) in [6.45, 7) is 3.96. The van der Waals surface area contributed by atoms with Crippen molar-refractivity contribution < 1.29 is 14.3 Å². The lowest BCUT2D eigenvalue weighted by molar-refractivity contribution is -0.139.